The van der Waals surface area contributed by atoms with Gasteiger partial charge in [0, 0.05) is 18.3 Å². The Kier molecular flexibility index (Phi) is 3.23. The Bertz CT molecular complexity index is 419. The van der Waals surface area contributed by atoms with Gasteiger partial charge >= 0.3 is 0 Å². The molecule has 1 aromatic heterocycles. The maximum absolute atomic E-state index is 5.87. The van der Waals surface area contributed by atoms with Crippen molar-refractivity contribution in [3.05, 3.63) is 17.6 Å². The average molecular weight is 234 g/mol. The van der Waals surface area contributed by atoms with E-state index in [0.717, 1.165) is 36.4 Å². The summed E-state index contributed by atoms with van der Waals surface area (Å²) < 4.78 is 0. The van der Waals surface area contributed by atoms with E-state index in [-0.39, 0.29) is 6.17 Å². The fourth-order valence-electron chi connectivity index (χ4n) is 1.86. The SMILES string of the molecule is Cc1cc(NC2=NCCN2C(C)N)nc(C)n1. The molecule has 92 valence electrons. The third-order valence-electron chi connectivity index (χ3n) is 2.57. The summed E-state index contributed by atoms with van der Waals surface area (Å²) in [6.45, 7) is 7.38. The van der Waals surface area contributed by atoms with Crippen LogP contribution < -0.4 is 11.1 Å². The molecule has 17 heavy (non-hydrogen) atoms. The van der Waals surface area contributed by atoms with E-state index in [1.807, 2.05) is 31.7 Å². The van der Waals surface area contributed by atoms with Crippen molar-refractivity contribution in [3.63, 3.8) is 0 Å². The lowest BCUT2D eigenvalue weighted by atomic mass is 10.4. The summed E-state index contributed by atoms with van der Waals surface area (Å²) in [6.07, 6.45) is -0.0484. The number of hydrogen-bond acceptors (Lipinski definition) is 6. The molecule has 0 aromatic carbocycles. The van der Waals surface area contributed by atoms with Gasteiger partial charge in [-0.15, -0.1) is 0 Å². The minimum absolute atomic E-state index is 0.0484. The first-order valence-corrected chi connectivity index (χ1v) is 5.72. The van der Waals surface area contributed by atoms with Gasteiger partial charge in [-0.1, -0.05) is 0 Å². The van der Waals surface area contributed by atoms with Crippen LogP contribution in [0.3, 0.4) is 0 Å². The number of guanidine groups is 1. The number of nitrogens with zero attached hydrogens (tertiary/aromatic N) is 4. The highest BCUT2D eigenvalue weighted by Crippen LogP contribution is 2.10. The van der Waals surface area contributed by atoms with Crippen molar-refractivity contribution >= 4 is 11.8 Å². The zero-order valence-electron chi connectivity index (χ0n) is 10.4. The van der Waals surface area contributed by atoms with Crippen molar-refractivity contribution in [3.8, 4) is 0 Å². The van der Waals surface area contributed by atoms with Crippen LogP contribution in [-0.2, 0) is 0 Å². The van der Waals surface area contributed by atoms with Crippen molar-refractivity contribution in [1.29, 1.82) is 0 Å². The van der Waals surface area contributed by atoms with Gasteiger partial charge in [-0.3, -0.25) is 4.99 Å². The molecule has 0 fully saturated rings. The summed E-state index contributed by atoms with van der Waals surface area (Å²) in [6, 6.07) is 1.90. The lowest BCUT2D eigenvalue weighted by Gasteiger charge is -2.24. The minimum Gasteiger partial charge on any atom is -0.326 e. The first kappa shape index (κ1) is 11.8. The molecular formula is C11H18N6. The van der Waals surface area contributed by atoms with E-state index in [2.05, 4.69) is 20.3 Å². The largest absolute Gasteiger partial charge is 0.326 e. The summed E-state index contributed by atoms with van der Waals surface area (Å²) in [7, 11) is 0. The molecule has 6 nitrogen and oxygen atoms in total. The number of aromatic nitrogens is 2. The molecule has 0 saturated heterocycles. The molecule has 2 heterocycles. The maximum Gasteiger partial charge on any atom is 0.201 e. The molecule has 3 N–H and O–H groups in total. The van der Waals surface area contributed by atoms with Crippen LogP contribution in [0.2, 0.25) is 0 Å². The topological polar surface area (TPSA) is 79.4 Å². The third kappa shape index (κ3) is 2.71. The van der Waals surface area contributed by atoms with Crippen LogP contribution in [0.4, 0.5) is 5.82 Å². The van der Waals surface area contributed by atoms with Gasteiger partial charge in [-0.25, -0.2) is 9.97 Å². The van der Waals surface area contributed by atoms with Crippen molar-refractivity contribution in [2.45, 2.75) is 26.9 Å². The summed E-state index contributed by atoms with van der Waals surface area (Å²) in [4.78, 5) is 15.0. The molecule has 0 bridgehead atoms. The first-order valence-electron chi connectivity index (χ1n) is 5.72. The molecule has 0 radical (unpaired) electrons. The molecule has 0 spiro atoms. The number of nitrogens with one attached hydrogen (secondary N) is 1. The Balaban J connectivity index is 2.15. The Morgan fingerprint density at radius 1 is 1.41 bits per heavy atom. The second-order valence-electron chi connectivity index (χ2n) is 4.21. The van der Waals surface area contributed by atoms with Gasteiger partial charge in [0.05, 0.1) is 12.7 Å². The Morgan fingerprint density at radius 3 is 2.82 bits per heavy atom. The average Bonchev–Trinajstić information content (AvgIpc) is 2.63. The predicted molar refractivity (Wildman–Crippen MR) is 67.8 cm³/mol. The van der Waals surface area contributed by atoms with Crippen molar-refractivity contribution in [2.75, 3.05) is 18.4 Å². The number of nitrogens with two attached hydrogens (primary N) is 1. The molecule has 0 saturated carbocycles. The summed E-state index contributed by atoms with van der Waals surface area (Å²) >= 11 is 0. The Labute approximate surface area is 101 Å². The maximum atomic E-state index is 5.87. The first-order chi connectivity index (χ1) is 8.06. The van der Waals surface area contributed by atoms with Gasteiger partial charge < -0.3 is 16.0 Å². The molecule has 1 aromatic rings. The number of hydrogen-bond donors (Lipinski definition) is 2. The zero-order valence-corrected chi connectivity index (χ0v) is 10.4. The number of rotatable bonds is 2. The molecule has 2 rings (SSSR count). The fraction of sp³-hybridized carbons (Fsp3) is 0.545. The summed E-state index contributed by atoms with van der Waals surface area (Å²) in [5.41, 5.74) is 6.81. The molecule has 6 heteroatoms. The van der Waals surface area contributed by atoms with Gasteiger partial charge in [0.2, 0.25) is 5.96 Å². The molecule has 1 aliphatic heterocycles. The molecule has 1 aliphatic rings. The van der Waals surface area contributed by atoms with E-state index in [1.54, 1.807) is 0 Å². The van der Waals surface area contributed by atoms with Crippen LogP contribution in [0.25, 0.3) is 0 Å². The van der Waals surface area contributed by atoms with Gasteiger partial charge in [0.25, 0.3) is 0 Å². The Morgan fingerprint density at radius 2 is 2.18 bits per heavy atom. The van der Waals surface area contributed by atoms with E-state index in [9.17, 15) is 0 Å². The molecular weight excluding hydrogens is 216 g/mol. The lowest BCUT2D eigenvalue weighted by molar-refractivity contribution is 0.365. The second kappa shape index (κ2) is 4.67. The highest BCUT2D eigenvalue weighted by Gasteiger charge is 2.20. The van der Waals surface area contributed by atoms with E-state index < -0.39 is 0 Å². The van der Waals surface area contributed by atoms with Crippen molar-refractivity contribution < 1.29 is 0 Å². The Hall–Kier alpha value is -1.69. The van der Waals surface area contributed by atoms with Crippen LogP contribution in [0, 0.1) is 13.8 Å². The smallest absolute Gasteiger partial charge is 0.201 e. The van der Waals surface area contributed by atoms with Crippen LogP contribution in [-0.4, -0.2) is 40.1 Å². The normalized spacial score (nSPS) is 16.9. The van der Waals surface area contributed by atoms with Crippen molar-refractivity contribution in [2.24, 2.45) is 10.7 Å². The number of aliphatic imine (C=N–C) groups is 1. The molecule has 0 aliphatic carbocycles. The van der Waals surface area contributed by atoms with Crippen LogP contribution in [0.1, 0.15) is 18.4 Å². The highest BCUT2D eigenvalue weighted by atomic mass is 15.4. The fourth-order valence-corrected chi connectivity index (χ4v) is 1.86. The molecule has 1 unspecified atom stereocenters. The minimum atomic E-state index is -0.0484. The van der Waals surface area contributed by atoms with Crippen LogP contribution >= 0.6 is 0 Å². The molecule has 1 atom stereocenters. The van der Waals surface area contributed by atoms with Crippen molar-refractivity contribution in [1.82, 2.24) is 14.9 Å². The summed E-state index contributed by atoms with van der Waals surface area (Å²) in [5.74, 6) is 2.30. The number of aryl methyl sites for hydroxylation is 2. The monoisotopic (exact) mass is 234 g/mol. The zero-order chi connectivity index (χ0) is 12.4. The van der Waals surface area contributed by atoms with E-state index in [4.69, 9.17) is 5.73 Å². The van der Waals surface area contributed by atoms with Gasteiger partial charge in [-0.2, -0.15) is 0 Å². The van der Waals surface area contributed by atoms with E-state index in [0.29, 0.717) is 0 Å². The second-order valence-corrected chi connectivity index (χ2v) is 4.21. The lowest BCUT2D eigenvalue weighted by Crippen LogP contribution is -2.44. The van der Waals surface area contributed by atoms with Gasteiger partial charge in [0.1, 0.15) is 11.6 Å². The van der Waals surface area contributed by atoms with Gasteiger partial charge in [-0.05, 0) is 20.8 Å². The number of anilines is 1. The summed E-state index contributed by atoms with van der Waals surface area (Å²) in [5, 5.41) is 3.20. The standard InChI is InChI=1S/C11H18N6/c1-7-6-10(15-9(3)14-7)16-11-13-4-5-17(11)8(2)12/h6,8H,4-5,12H2,1-3H3,(H,13,14,15,16). The third-order valence-corrected chi connectivity index (χ3v) is 2.57. The quantitative estimate of drug-likeness (QED) is 0.778. The van der Waals surface area contributed by atoms with Crippen LogP contribution in [0.5, 0.6) is 0 Å². The molecule has 0 amide bonds. The van der Waals surface area contributed by atoms with Crippen LogP contribution in [0.15, 0.2) is 11.1 Å². The van der Waals surface area contributed by atoms with E-state index >= 15 is 0 Å². The van der Waals surface area contributed by atoms with E-state index in [1.165, 1.54) is 0 Å². The van der Waals surface area contributed by atoms with Gasteiger partial charge in [0.15, 0.2) is 0 Å². The predicted octanol–water partition coefficient (Wildman–Crippen LogP) is 0.482. The highest BCUT2D eigenvalue weighted by molar-refractivity contribution is 5.94.